The van der Waals surface area contributed by atoms with Gasteiger partial charge in [-0.2, -0.15) is 5.10 Å². The lowest BCUT2D eigenvalue weighted by Gasteiger charge is -2.09. The summed E-state index contributed by atoms with van der Waals surface area (Å²) in [6.45, 7) is 0.177. The van der Waals surface area contributed by atoms with Crippen molar-refractivity contribution in [2.45, 2.75) is 11.4 Å². The first kappa shape index (κ1) is 14.8. The van der Waals surface area contributed by atoms with Gasteiger partial charge in [0.2, 0.25) is 0 Å². The zero-order chi connectivity index (χ0) is 15.6. The lowest BCUT2D eigenvalue weighted by Crippen LogP contribution is -2.08. The van der Waals surface area contributed by atoms with Gasteiger partial charge in [-0.05, 0) is 12.1 Å². The van der Waals surface area contributed by atoms with Gasteiger partial charge in [0.1, 0.15) is 16.4 Å². The number of nitro groups is 1. The molecule has 0 aliphatic heterocycles. The third-order valence-electron chi connectivity index (χ3n) is 2.80. The normalized spacial score (nSPS) is 11.3. The second-order valence-corrected chi connectivity index (χ2v) is 6.33. The summed E-state index contributed by atoms with van der Waals surface area (Å²) in [6.07, 6.45) is 2.40. The number of nitrogens with one attached hydrogen (secondary N) is 2. The molecule has 9 nitrogen and oxygen atoms in total. The van der Waals surface area contributed by atoms with Crippen molar-refractivity contribution in [3.63, 3.8) is 0 Å². The van der Waals surface area contributed by atoms with Crippen molar-refractivity contribution in [3.8, 4) is 0 Å². The van der Waals surface area contributed by atoms with Crippen LogP contribution in [0.5, 0.6) is 0 Å². The number of nitrogens with zero attached hydrogens (tertiary/aromatic N) is 2. The van der Waals surface area contributed by atoms with E-state index in [0.29, 0.717) is 11.4 Å². The molecule has 0 unspecified atom stereocenters. The van der Waals surface area contributed by atoms with Crippen LogP contribution in [0, 0.1) is 10.1 Å². The molecule has 0 fully saturated rings. The number of nitrogen functional groups attached to an aromatic ring is 1. The summed E-state index contributed by atoms with van der Waals surface area (Å²) >= 11 is 0. The Labute approximate surface area is 120 Å². The van der Waals surface area contributed by atoms with Crippen LogP contribution in [0.3, 0.4) is 0 Å². The molecule has 21 heavy (non-hydrogen) atoms. The molecule has 0 saturated carbocycles. The van der Waals surface area contributed by atoms with Gasteiger partial charge >= 0.3 is 5.69 Å². The minimum atomic E-state index is -3.71. The average molecular weight is 311 g/mol. The van der Waals surface area contributed by atoms with Crippen LogP contribution in [0.15, 0.2) is 29.3 Å². The second kappa shape index (κ2) is 5.40. The maximum Gasteiger partial charge on any atom is 0.310 e. The molecular weight excluding hydrogens is 298 g/mol. The molecule has 4 N–H and O–H groups in total. The standard InChI is InChI=1S/C11H13N5O4S/c1-21(19,20)9-4-2-3-8(10(9)16(17)18)13-5-7-6-14-15-11(7)12/h2-4,6,13H,5H2,1H3,(H3,12,14,15). The first-order valence-corrected chi connectivity index (χ1v) is 7.69. The first-order valence-electron chi connectivity index (χ1n) is 5.79. The molecule has 0 aliphatic carbocycles. The number of benzene rings is 1. The molecule has 2 aromatic rings. The van der Waals surface area contributed by atoms with Gasteiger partial charge in [0.25, 0.3) is 0 Å². The molecule has 0 radical (unpaired) electrons. The van der Waals surface area contributed by atoms with Crippen molar-refractivity contribution in [1.29, 1.82) is 0 Å². The zero-order valence-electron chi connectivity index (χ0n) is 11.0. The van der Waals surface area contributed by atoms with Gasteiger partial charge < -0.3 is 11.1 Å². The Bertz CT molecular complexity index is 784. The smallest absolute Gasteiger partial charge is 0.310 e. The van der Waals surface area contributed by atoms with E-state index in [1.54, 1.807) is 0 Å². The molecule has 0 aliphatic rings. The number of hydrogen-bond acceptors (Lipinski definition) is 7. The number of para-hydroxylation sites is 1. The Morgan fingerprint density at radius 2 is 2.19 bits per heavy atom. The third-order valence-corrected chi connectivity index (χ3v) is 3.93. The van der Waals surface area contributed by atoms with E-state index in [-0.39, 0.29) is 17.1 Å². The lowest BCUT2D eigenvalue weighted by atomic mass is 10.2. The number of nitro benzene ring substituents is 1. The fourth-order valence-electron chi connectivity index (χ4n) is 1.80. The minimum absolute atomic E-state index is 0.100. The number of aromatic amines is 1. The van der Waals surface area contributed by atoms with E-state index < -0.39 is 20.4 Å². The number of aromatic nitrogens is 2. The minimum Gasteiger partial charge on any atom is -0.384 e. The highest BCUT2D eigenvalue weighted by Gasteiger charge is 2.26. The van der Waals surface area contributed by atoms with Crippen molar-refractivity contribution in [2.24, 2.45) is 0 Å². The number of sulfone groups is 1. The predicted molar refractivity (Wildman–Crippen MR) is 76.5 cm³/mol. The van der Waals surface area contributed by atoms with Gasteiger partial charge in [0, 0.05) is 18.4 Å². The van der Waals surface area contributed by atoms with Crippen molar-refractivity contribution >= 4 is 27.0 Å². The Balaban J connectivity index is 2.40. The molecule has 1 heterocycles. The second-order valence-electron chi connectivity index (χ2n) is 4.34. The van der Waals surface area contributed by atoms with E-state index in [9.17, 15) is 18.5 Å². The molecule has 10 heteroatoms. The van der Waals surface area contributed by atoms with E-state index in [2.05, 4.69) is 15.5 Å². The van der Waals surface area contributed by atoms with Gasteiger partial charge in [0.15, 0.2) is 9.84 Å². The van der Waals surface area contributed by atoms with Crippen LogP contribution in [-0.2, 0) is 16.4 Å². The molecule has 0 bridgehead atoms. The molecular formula is C11H13N5O4S. The average Bonchev–Trinajstić information content (AvgIpc) is 2.80. The molecule has 112 valence electrons. The van der Waals surface area contributed by atoms with Crippen LogP contribution in [-0.4, -0.2) is 29.8 Å². The van der Waals surface area contributed by atoms with Crippen molar-refractivity contribution in [2.75, 3.05) is 17.3 Å². The van der Waals surface area contributed by atoms with Gasteiger partial charge in [-0.3, -0.25) is 15.2 Å². The number of rotatable bonds is 5. The summed E-state index contributed by atoms with van der Waals surface area (Å²) in [5.74, 6) is 0.337. The fraction of sp³-hybridized carbons (Fsp3) is 0.182. The summed E-state index contributed by atoms with van der Waals surface area (Å²) in [7, 11) is -3.71. The summed E-state index contributed by atoms with van der Waals surface area (Å²) in [5, 5.41) is 20.2. The Morgan fingerprint density at radius 3 is 2.71 bits per heavy atom. The van der Waals surface area contributed by atoms with Crippen LogP contribution < -0.4 is 11.1 Å². The van der Waals surface area contributed by atoms with Crippen LogP contribution >= 0.6 is 0 Å². The van der Waals surface area contributed by atoms with Crippen molar-refractivity contribution < 1.29 is 13.3 Å². The first-order chi connectivity index (χ1) is 9.80. The van der Waals surface area contributed by atoms with Gasteiger partial charge in [-0.25, -0.2) is 8.42 Å². The quantitative estimate of drug-likeness (QED) is 0.550. The SMILES string of the molecule is CS(=O)(=O)c1cccc(NCc2cn[nH]c2N)c1[N+](=O)[O-]. The molecule has 1 aromatic heterocycles. The highest BCUT2D eigenvalue weighted by atomic mass is 32.2. The summed E-state index contributed by atoms with van der Waals surface area (Å²) in [4.78, 5) is 10.1. The molecule has 2 rings (SSSR count). The zero-order valence-corrected chi connectivity index (χ0v) is 11.8. The van der Waals surface area contributed by atoms with E-state index in [1.165, 1.54) is 24.4 Å². The predicted octanol–water partition coefficient (Wildman–Crippen LogP) is 0.916. The van der Waals surface area contributed by atoms with Gasteiger partial charge in [-0.1, -0.05) is 6.07 Å². The van der Waals surface area contributed by atoms with Crippen molar-refractivity contribution in [3.05, 3.63) is 40.1 Å². The molecule has 0 spiro atoms. The number of anilines is 2. The Kier molecular flexibility index (Phi) is 3.80. The summed E-state index contributed by atoms with van der Waals surface area (Å²) in [6, 6.07) is 4.07. The topological polar surface area (TPSA) is 144 Å². The van der Waals surface area contributed by atoms with Gasteiger partial charge in [-0.15, -0.1) is 0 Å². The van der Waals surface area contributed by atoms with Crippen LogP contribution in [0.4, 0.5) is 17.2 Å². The summed E-state index contributed by atoms with van der Waals surface area (Å²) < 4.78 is 23.3. The van der Waals surface area contributed by atoms with Crippen LogP contribution in [0.25, 0.3) is 0 Å². The molecule has 1 aromatic carbocycles. The molecule has 0 atom stereocenters. The number of H-pyrrole nitrogens is 1. The van der Waals surface area contributed by atoms with E-state index in [1.807, 2.05) is 0 Å². The van der Waals surface area contributed by atoms with E-state index in [4.69, 9.17) is 5.73 Å². The Morgan fingerprint density at radius 1 is 1.48 bits per heavy atom. The fourth-order valence-corrected chi connectivity index (χ4v) is 2.67. The van der Waals surface area contributed by atoms with Crippen LogP contribution in [0.2, 0.25) is 0 Å². The highest BCUT2D eigenvalue weighted by molar-refractivity contribution is 7.90. The van der Waals surface area contributed by atoms with Crippen molar-refractivity contribution in [1.82, 2.24) is 10.2 Å². The molecule has 0 amide bonds. The summed E-state index contributed by atoms with van der Waals surface area (Å²) in [5.41, 5.74) is 5.85. The number of nitrogens with two attached hydrogens (primary N) is 1. The Hall–Kier alpha value is -2.62. The largest absolute Gasteiger partial charge is 0.384 e. The highest BCUT2D eigenvalue weighted by Crippen LogP contribution is 2.32. The van der Waals surface area contributed by atoms with Gasteiger partial charge in [0.05, 0.1) is 11.1 Å². The van der Waals surface area contributed by atoms with E-state index in [0.717, 1.165) is 6.26 Å². The van der Waals surface area contributed by atoms with Crippen LogP contribution in [0.1, 0.15) is 5.56 Å². The maximum absolute atomic E-state index is 11.6. The lowest BCUT2D eigenvalue weighted by molar-refractivity contribution is -0.386. The monoisotopic (exact) mass is 311 g/mol. The molecule has 0 saturated heterocycles. The third kappa shape index (κ3) is 3.11. The van der Waals surface area contributed by atoms with E-state index >= 15 is 0 Å². The number of hydrogen-bond donors (Lipinski definition) is 3. The maximum atomic E-state index is 11.6.